The van der Waals surface area contributed by atoms with Gasteiger partial charge in [-0.3, -0.25) is 14.9 Å². The van der Waals surface area contributed by atoms with Crippen LogP contribution in [0.15, 0.2) is 18.2 Å². The summed E-state index contributed by atoms with van der Waals surface area (Å²) in [7, 11) is 0. The number of amides is 1. The molecule has 110 valence electrons. The Morgan fingerprint density at radius 3 is 2.50 bits per heavy atom. The Hall–Kier alpha value is -2.15. The summed E-state index contributed by atoms with van der Waals surface area (Å²) in [5, 5.41) is 14.1. The Labute approximate surface area is 117 Å². The van der Waals surface area contributed by atoms with E-state index in [1.807, 2.05) is 20.8 Å². The van der Waals surface area contributed by atoms with Crippen LogP contribution in [0.4, 0.5) is 11.4 Å². The van der Waals surface area contributed by atoms with Crippen molar-refractivity contribution in [2.75, 3.05) is 11.9 Å². The summed E-state index contributed by atoms with van der Waals surface area (Å²) in [6.45, 7) is 6.09. The van der Waals surface area contributed by atoms with E-state index in [2.05, 4.69) is 5.32 Å². The lowest BCUT2D eigenvalue weighted by molar-refractivity contribution is -0.384. The van der Waals surface area contributed by atoms with E-state index in [0.717, 1.165) is 0 Å². The molecule has 1 unspecified atom stereocenters. The van der Waals surface area contributed by atoms with Crippen molar-refractivity contribution in [2.45, 2.75) is 26.3 Å². The summed E-state index contributed by atoms with van der Waals surface area (Å²) in [6.07, 6.45) is 0. The van der Waals surface area contributed by atoms with Crippen molar-refractivity contribution < 1.29 is 9.72 Å². The van der Waals surface area contributed by atoms with Gasteiger partial charge >= 0.3 is 0 Å². The van der Waals surface area contributed by atoms with E-state index in [4.69, 9.17) is 11.5 Å². The summed E-state index contributed by atoms with van der Waals surface area (Å²) in [4.78, 5) is 21.8. The van der Waals surface area contributed by atoms with Crippen molar-refractivity contribution in [1.29, 1.82) is 0 Å². The first-order chi connectivity index (χ1) is 9.21. The zero-order valence-electron chi connectivity index (χ0n) is 11.8. The maximum atomic E-state index is 11.2. The first-order valence-electron chi connectivity index (χ1n) is 6.27. The lowest BCUT2D eigenvalue weighted by Gasteiger charge is -2.34. The number of primary amides is 1. The van der Waals surface area contributed by atoms with E-state index in [1.165, 1.54) is 18.2 Å². The number of nitro groups is 1. The fraction of sp³-hybridized carbons (Fsp3) is 0.462. The van der Waals surface area contributed by atoms with Crippen molar-refractivity contribution in [3.63, 3.8) is 0 Å². The van der Waals surface area contributed by atoms with Crippen LogP contribution in [0.5, 0.6) is 0 Å². The number of nitrogens with zero attached hydrogens (tertiary/aromatic N) is 1. The van der Waals surface area contributed by atoms with E-state index in [0.29, 0.717) is 6.54 Å². The van der Waals surface area contributed by atoms with Gasteiger partial charge in [-0.05, 0) is 25.0 Å². The molecule has 1 aromatic rings. The molecule has 1 atom stereocenters. The van der Waals surface area contributed by atoms with E-state index in [1.54, 1.807) is 0 Å². The molecule has 0 fully saturated rings. The second-order valence-electron chi connectivity index (χ2n) is 5.25. The molecule has 0 aliphatic rings. The molecule has 7 heteroatoms. The van der Waals surface area contributed by atoms with Gasteiger partial charge in [0.25, 0.3) is 5.69 Å². The van der Waals surface area contributed by atoms with Crippen molar-refractivity contribution in [3.05, 3.63) is 33.9 Å². The van der Waals surface area contributed by atoms with E-state index >= 15 is 0 Å². The minimum Gasteiger partial charge on any atom is -0.373 e. The molecule has 5 N–H and O–H groups in total. The number of rotatable bonds is 6. The Kier molecular flexibility index (Phi) is 4.67. The van der Waals surface area contributed by atoms with Gasteiger partial charge in [0.2, 0.25) is 5.91 Å². The molecule has 0 aromatic heterocycles. The normalized spacial score (nSPS) is 13.8. The Morgan fingerprint density at radius 2 is 2.10 bits per heavy atom. The first-order valence-corrected chi connectivity index (χ1v) is 6.27. The molecule has 1 aromatic carbocycles. The minimum absolute atomic E-state index is 0.115. The van der Waals surface area contributed by atoms with Gasteiger partial charge in [-0.15, -0.1) is 0 Å². The molecule has 20 heavy (non-hydrogen) atoms. The first kappa shape index (κ1) is 15.9. The monoisotopic (exact) mass is 280 g/mol. The molecule has 0 bridgehead atoms. The lowest BCUT2D eigenvalue weighted by Crippen LogP contribution is -2.47. The molecular formula is C13H20N4O3. The smallest absolute Gasteiger partial charge is 0.292 e. The van der Waals surface area contributed by atoms with Crippen molar-refractivity contribution in [3.8, 4) is 0 Å². The van der Waals surface area contributed by atoms with Crippen LogP contribution in [-0.2, 0) is 0 Å². The Morgan fingerprint density at radius 1 is 1.50 bits per heavy atom. The quantitative estimate of drug-likeness (QED) is 0.537. The maximum absolute atomic E-state index is 11.2. The SMILES string of the molecule is CC(C)C(C)(CN)Nc1cc(C(N)=O)ccc1[N+](=O)[O-]. The molecule has 7 nitrogen and oxygen atoms in total. The summed E-state index contributed by atoms with van der Waals surface area (Å²) < 4.78 is 0. The zero-order chi connectivity index (χ0) is 15.5. The molecule has 0 aliphatic carbocycles. The number of nitrogens with two attached hydrogens (primary N) is 2. The van der Waals surface area contributed by atoms with Crippen LogP contribution in [0, 0.1) is 16.0 Å². The van der Waals surface area contributed by atoms with Crippen LogP contribution in [0.2, 0.25) is 0 Å². The van der Waals surface area contributed by atoms with Crippen LogP contribution >= 0.6 is 0 Å². The van der Waals surface area contributed by atoms with Crippen LogP contribution in [-0.4, -0.2) is 22.9 Å². The summed E-state index contributed by atoms with van der Waals surface area (Å²) in [5.41, 5.74) is 10.8. The topological polar surface area (TPSA) is 124 Å². The second-order valence-corrected chi connectivity index (χ2v) is 5.25. The highest BCUT2D eigenvalue weighted by Gasteiger charge is 2.29. The number of carbonyl (C=O) groups is 1. The summed E-state index contributed by atoms with van der Waals surface area (Å²) in [5.74, 6) is -0.494. The van der Waals surface area contributed by atoms with Gasteiger partial charge in [0.15, 0.2) is 0 Å². The average molecular weight is 280 g/mol. The zero-order valence-corrected chi connectivity index (χ0v) is 11.8. The van der Waals surface area contributed by atoms with Crippen molar-refractivity contribution >= 4 is 17.3 Å². The average Bonchev–Trinajstić information content (AvgIpc) is 2.37. The van der Waals surface area contributed by atoms with Crippen LogP contribution in [0.1, 0.15) is 31.1 Å². The molecule has 0 aliphatic heterocycles. The molecule has 0 radical (unpaired) electrons. The van der Waals surface area contributed by atoms with E-state index < -0.39 is 16.4 Å². The highest BCUT2D eigenvalue weighted by molar-refractivity contribution is 5.94. The third-order valence-electron chi connectivity index (χ3n) is 3.60. The Bertz CT molecular complexity index is 530. The molecule has 0 saturated carbocycles. The largest absolute Gasteiger partial charge is 0.373 e. The van der Waals surface area contributed by atoms with E-state index in [9.17, 15) is 14.9 Å². The molecule has 0 heterocycles. The summed E-state index contributed by atoms with van der Waals surface area (Å²) in [6, 6.07) is 3.98. The van der Waals surface area contributed by atoms with Gasteiger partial charge in [-0.25, -0.2) is 0 Å². The third-order valence-corrected chi connectivity index (χ3v) is 3.60. The second kappa shape index (κ2) is 5.87. The third kappa shape index (κ3) is 3.24. The molecule has 0 saturated heterocycles. The molecule has 1 amide bonds. The molecule has 1 rings (SSSR count). The number of carbonyl (C=O) groups excluding carboxylic acids is 1. The van der Waals surface area contributed by atoms with Crippen LogP contribution in [0.25, 0.3) is 0 Å². The highest BCUT2D eigenvalue weighted by Crippen LogP contribution is 2.30. The van der Waals surface area contributed by atoms with Gasteiger partial charge < -0.3 is 16.8 Å². The Balaban J connectivity index is 3.29. The molecular weight excluding hydrogens is 260 g/mol. The number of nitrogens with one attached hydrogen (secondary N) is 1. The van der Waals surface area contributed by atoms with Crippen LogP contribution in [0.3, 0.4) is 0 Å². The highest BCUT2D eigenvalue weighted by atomic mass is 16.6. The lowest BCUT2D eigenvalue weighted by atomic mass is 9.88. The minimum atomic E-state index is -0.637. The van der Waals surface area contributed by atoms with Crippen LogP contribution < -0.4 is 16.8 Å². The fourth-order valence-corrected chi connectivity index (χ4v) is 1.69. The predicted octanol–water partition coefficient (Wildman–Crippen LogP) is 1.48. The number of hydrogen-bond acceptors (Lipinski definition) is 5. The fourth-order valence-electron chi connectivity index (χ4n) is 1.69. The van der Waals surface area contributed by atoms with Crippen molar-refractivity contribution in [2.24, 2.45) is 17.4 Å². The summed E-state index contributed by atoms with van der Waals surface area (Å²) >= 11 is 0. The number of anilines is 1. The van der Waals surface area contributed by atoms with Gasteiger partial charge in [0, 0.05) is 23.7 Å². The maximum Gasteiger partial charge on any atom is 0.292 e. The van der Waals surface area contributed by atoms with Gasteiger partial charge in [0.1, 0.15) is 5.69 Å². The van der Waals surface area contributed by atoms with Gasteiger partial charge in [-0.1, -0.05) is 13.8 Å². The number of nitro benzene ring substituents is 1. The number of benzene rings is 1. The van der Waals surface area contributed by atoms with Gasteiger partial charge in [-0.2, -0.15) is 0 Å². The number of hydrogen-bond donors (Lipinski definition) is 3. The standard InChI is InChI=1S/C13H20N4O3/c1-8(2)13(3,7-14)16-10-6-9(12(15)18)4-5-11(10)17(19)20/h4-6,8,16H,7,14H2,1-3H3,(H2,15,18). The predicted molar refractivity (Wildman–Crippen MR) is 77.5 cm³/mol. The van der Waals surface area contributed by atoms with E-state index in [-0.39, 0.29) is 22.9 Å². The molecule has 0 spiro atoms. The van der Waals surface area contributed by atoms with Crippen molar-refractivity contribution in [1.82, 2.24) is 0 Å². The van der Waals surface area contributed by atoms with Gasteiger partial charge in [0.05, 0.1) is 4.92 Å².